The third kappa shape index (κ3) is 3.28. The molecule has 1 aliphatic carbocycles. The molecule has 0 saturated heterocycles. The second-order valence-corrected chi connectivity index (χ2v) is 8.48. The van der Waals surface area contributed by atoms with Crippen molar-refractivity contribution in [2.45, 2.75) is 50.6 Å². The molecule has 2 unspecified atom stereocenters. The van der Waals surface area contributed by atoms with Crippen molar-refractivity contribution in [2.24, 2.45) is 5.92 Å². The first-order valence-electron chi connectivity index (χ1n) is 10.9. The Labute approximate surface area is 177 Å². The van der Waals surface area contributed by atoms with Crippen molar-refractivity contribution in [3.05, 3.63) is 72.7 Å². The van der Waals surface area contributed by atoms with Crippen LogP contribution in [0.3, 0.4) is 0 Å². The van der Waals surface area contributed by atoms with Crippen LogP contribution < -0.4 is 4.90 Å². The predicted molar refractivity (Wildman–Crippen MR) is 118 cm³/mol. The number of hydrogen-bond acceptors (Lipinski definition) is 2. The summed E-state index contributed by atoms with van der Waals surface area (Å²) in [5.74, 6) is 0.370. The Morgan fingerprint density at radius 3 is 2.57 bits per heavy atom. The maximum Gasteiger partial charge on any atom is 0.412 e. The van der Waals surface area contributed by atoms with Gasteiger partial charge in [-0.2, -0.15) is 0 Å². The van der Waals surface area contributed by atoms with E-state index in [4.69, 9.17) is 0 Å². The normalized spacial score (nSPS) is 19.1. The Balaban J connectivity index is 1.55. The largest absolute Gasteiger partial charge is 0.465 e. The molecule has 5 rings (SSSR count). The van der Waals surface area contributed by atoms with Crippen LogP contribution in [0.25, 0.3) is 11.3 Å². The van der Waals surface area contributed by atoms with Gasteiger partial charge < -0.3 is 9.67 Å². The lowest BCUT2D eigenvalue weighted by atomic mass is 9.80. The molecule has 1 aliphatic heterocycles. The summed E-state index contributed by atoms with van der Waals surface area (Å²) >= 11 is 0. The fourth-order valence-corrected chi connectivity index (χ4v) is 5.46. The summed E-state index contributed by atoms with van der Waals surface area (Å²) in [5, 5.41) is 10.3. The highest BCUT2D eigenvalue weighted by atomic mass is 16.4. The molecule has 2 heterocycles. The van der Waals surface area contributed by atoms with E-state index >= 15 is 0 Å². The van der Waals surface area contributed by atoms with Crippen molar-refractivity contribution in [1.82, 2.24) is 9.55 Å². The molecule has 2 aromatic carbocycles. The minimum atomic E-state index is -0.867. The summed E-state index contributed by atoms with van der Waals surface area (Å²) in [6, 6.07) is 18.1. The van der Waals surface area contributed by atoms with Crippen LogP contribution in [-0.4, -0.2) is 26.8 Å². The number of aromatic nitrogens is 2. The number of anilines is 1. The van der Waals surface area contributed by atoms with E-state index in [0.29, 0.717) is 5.92 Å². The number of fused-ring (bicyclic) bond motifs is 3. The van der Waals surface area contributed by atoms with Crippen LogP contribution in [0.5, 0.6) is 0 Å². The summed E-state index contributed by atoms with van der Waals surface area (Å²) in [7, 11) is 0. The van der Waals surface area contributed by atoms with Crippen LogP contribution in [0.15, 0.2) is 67.1 Å². The number of para-hydroxylation sites is 1. The summed E-state index contributed by atoms with van der Waals surface area (Å²) in [6.07, 6.45) is 9.49. The fourth-order valence-electron chi connectivity index (χ4n) is 5.46. The van der Waals surface area contributed by atoms with Crippen molar-refractivity contribution in [3.63, 3.8) is 0 Å². The number of carboxylic acid groups (broad SMARTS) is 1. The lowest BCUT2D eigenvalue weighted by molar-refractivity contribution is 0.188. The van der Waals surface area contributed by atoms with E-state index in [1.165, 1.54) is 30.4 Å². The van der Waals surface area contributed by atoms with Crippen molar-refractivity contribution in [2.75, 3.05) is 4.90 Å². The minimum absolute atomic E-state index is 0.0726. The standard InChI is InChI=1S/C25H27N3O2/c29-25(30)28(19-11-5-2-6-12-19)22(18-9-3-1-4-10-18)15-23-20-13-7-8-14-21(20)24-16-26-17-27(23)24/h2,5-8,11-14,16-18,22-23H,1,3-4,9-10,15H2,(H,29,30). The van der Waals surface area contributed by atoms with Crippen LogP contribution in [0.1, 0.15) is 50.1 Å². The first-order chi connectivity index (χ1) is 14.7. The van der Waals surface area contributed by atoms with Crippen molar-refractivity contribution in [3.8, 4) is 11.3 Å². The number of imidazole rings is 1. The lowest BCUT2D eigenvalue weighted by Crippen LogP contribution is -2.46. The molecule has 0 spiro atoms. The molecule has 1 amide bonds. The summed E-state index contributed by atoms with van der Waals surface area (Å²) in [5.41, 5.74) is 4.37. The van der Waals surface area contributed by atoms with Gasteiger partial charge in [-0.05, 0) is 42.9 Å². The van der Waals surface area contributed by atoms with Crippen molar-refractivity contribution >= 4 is 11.8 Å². The number of hydrogen-bond donors (Lipinski definition) is 1. The molecule has 1 aromatic heterocycles. The number of benzene rings is 2. The van der Waals surface area contributed by atoms with Gasteiger partial charge in [0.25, 0.3) is 0 Å². The molecular weight excluding hydrogens is 374 g/mol. The van der Waals surface area contributed by atoms with E-state index in [2.05, 4.69) is 33.8 Å². The second kappa shape index (κ2) is 7.98. The Bertz CT molecular complexity index is 1020. The summed E-state index contributed by atoms with van der Waals surface area (Å²) in [4.78, 5) is 18.5. The van der Waals surface area contributed by atoms with Gasteiger partial charge in [0.1, 0.15) is 0 Å². The molecule has 1 fully saturated rings. The van der Waals surface area contributed by atoms with Gasteiger partial charge in [0.15, 0.2) is 0 Å². The van der Waals surface area contributed by atoms with Crippen LogP contribution in [-0.2, 0) is 0 Å². The highest BCUT2D eigenvalue weighted by Crippen LogP contribution is 2.44. The monoisotopic (exact) mass is 401 g/mol. The van der Waals surface area contributed by atoms with E-state index in [1.54, 1.807) is 4.90 Å². The molecule has 1 N–H and O–H groups in total. The molecule has 2 aliphatic rings. The van der Waals surface area contributed by atoms with Crippen LogP contribution in [0, 0.1) is 5.92 Å². The number of amides is 1. The van der Waals surface area contributed by atoms with E-state index < -0.39 is 6.09 Å². The van der Waals surface area contributed by atoms with E-state index in [9.17, 15) is 9.90 Å². The second-order valence-electron chi connectivity index (χ2n) is 8.48. The van der Waals surface area contributed by atoms with Crippen molar-refractivity contribution in [1.29, 1.82) is 0 Å². The smallest absolute Gasteiger partial charge is 0.412 e. The molecule has 0 radical (unpaired) electrons. The van der Waals surface area contributed by atoms with Crippen LogP contribution in [0.4, 0.5) is 10.5 Å². The topological polar surface area (TPSA) is 58.4 Å². The van der Waals surface area contributed by atoms with Gasteiger partial charge in [0, 0.05) is 17.3 Å². The van der Waals surface area contributed by atoms with Gasteiger partial charge in [-0.1, -0.05) is 61.7 Å². The Morgan fingerprint density at radius 2 is 1.80 bits per heavy atom. The molecule has 5 nitrogen and oxygen atoms in total. The van der Waals surface area contributed by atoms with Crippen molar-refractivity contribution < 1.29 is 9.90 Å². The van der Waals surface area contributed by atoms with Gasteiger partial charge in [-0.15, -0.1) is 0 Å². The molecule has 1 saturated carbocycles. The zero-order valence-electron chi connectivity index (χ0n) is 17.0. The highest BCUT2D eigenvalue weighted by molar-refractivity contribution is 5.86. The molecule has 5 heteroatoms. The number of rotatable bonds is 5. The average Bonchev–Trinajstić information content (AvgIpc) is 3.37. The van der Waals surface area contributed by atoms with Gasteiger partial charge in [-0.3, -0.25) is 4.90 Å². The van der Waals surface area contributed by atoms with Gasteiger partial charge in [-0.25, -0.2) is 9.78 Å². The predicted octanol–water partition coefficient (Wildman–Crippen LogP) is 5.98. The highest BCUT2D eigenvalue weighted by Gasteiger charge is 2.38. The zero-order chi connectivity index (χ0) is 20.5. The minimum Gasteiger partial charge on any atom is -0.465 e. The SMILES string of the molecule is O=C(O)N(c1ccccc1)C(CC1c2ccccc2-c2cncn21)C1CCCCC1. The van der Waals surface area contributed by atoms with Gasteiger partial charge >= 0.3 is 6.09 Å². The number of nitrogens with zero attached hydrogens (tertiary/aromatic N) is 3. The number of carbonyl (C=O) groups is 1. The molecule has 0 bridgehead atoms. The van der Waals surface area contributed by atoms with E-state index in [1.807, 2.05) is 42.9 Å². The molecular formula is C25H27N3O2. The first-order valence-corrected chi connectivity index (χ1v) is 10.9. The van der Waals surface area contributed by atoms with Gasteiger partial charge in [0.05, 0.1) is 24.3 Å². The average molecular weight is 402 g/mol. The van der Waals surface area contributed by atoms with E-state index in [0.717, 1.165) is 30.6 Å². The molecule has 2 atom stereocenters. The maximum atomic E-state index is 12.5. The maximum absolute atomic E-state index is 12.5. The summed E-state index contributed by atoms with van der Waals surface area (Å²) < 4.78 is 2.23. The summed E-state index contributed by atoms with van der Waals surface area (Å²) in [6.45, 7) is 0. The van der Waals surface area contributed by atoms with Crippen LogP contribution >= 0.6 is 0 Å². The molecule has 154 valence electrons. The third-order valence-corrected chi connectivity index (χ3v) is 6.83. The molecule has 30 heavy (non-hydrogen) atoms. The van der Waals surface area contributed by atoms with E-state index in [-0.39, 0.29) is 12.1 Å². The zero-order valence-corrected chi connectivity index (χ0v) is 17.0. The van der Waals surface area contributed by atoms with Gasteiger partial charge in [0.2, 0.25) is 0 Å². The Morgan fingerprint density at radius 1 is 1.07 bits per heavy atom. The Hall–Kier alpha value is -3.08. The van der Waals surface area contributed by atoms with Crippen LogP contribution in [0.2, 0.25) is 0 Å². The molecule has 3 aromatic rings. The fraction of sp³-hybridized carbons (Fsp3) is 0.360. The Kier molecular flexibility index (Phi) is 5.03. The quantitative estimate of drug-likeness (QED) is 0.572. The lowest BCUT2D eigenvalue weighted by Gasteiger charge is -2.39. The first kappa shape index (κ1) is 18.9. The third-order valence-electron chi connectivity index (χ3n) is 6.83.